The van der Waals surface area contributed by atoms with Crippen molar-refractivity contribution in [3.63, 3.8) is 0 Å². The standard InChI is InChI=1S/C46H60N6O7/c1-10-51-40-13-12-32-22-36(40)37(42(51)38-24-47-16-14-35(38)29(4)58-9)23-45(6,7)26-59-27-46(25-53)15-11-17-52(49-46)44(57)39(20-31-18-33(32)21-34(55)19-31)48-43(56)41(28(2)3)50(8)30(5)54/h12-14,16,18-19,21-22,24-25,28-29,39,41,49,55H,10-11,15,17,20,23,26-27H2,1-9H3,(H,48,56)/t29-,39-,41-,46?/m0/s1. The molecule has 1 fully saturated rings. The number of likely N-dealkylation sites (N-methyl/N-ethyl adjacent to an activating group) is 1. The SMILES string of the molecule is CCn1c(-c2cnccc2[C@H](C)OC)c2c3cc(ccc31)-c1cc(O)cc(c1)C[C@H](NC(=O)[C@H](C(C)C)N(C)C(C)=O)C(=O)N1CCCC(C=O)(COCC(C)(C)C2)N1. The quantitative estimate of drug-likeness (QED) is 0.173. The molecule has 3 amide bonds. The van der Waals surface area contributed by atoms with Gasteiger partial charge in [-0.2, -0.15) is 0 Å². The van der Waals surface area contributed by atoms with Crippen LogP contribution in [0.25, 0.3) is 33.3 Å². The third-order valence-corrected chi connectivity index (χ3v) is 11.9. The number of nitrogens with zero attached hydrogens (tertiary/aromatic N) is 4. The van der Waals surface area contributed by atoms with Gasteiger partial charge in [0, 0.05) is 69.5 Å². The van der Waals surface area contributed by atoms with Gasteiger partial charge in [0.25, 0.3) is 5.91 Å². The maximum atomic E-state index is 14.6. The summed E-state index contributed by atoms with van der Waals surface area (Å²) >= 11 is 0. The highest BCUT2D eigenvalue weighted by molar-refractivity contribution is 5.96. The van der Waals surface area contributed by atoms with Crippen LogP contribution >= 0.6 is 0 Å². The minimum absolute atomic E-state index is 0.0100. The molecule has 316 valence electrons. The number of methoxy groups -OCH3 is 1. The molecule has 13 nitrogen and oxygen atoms in total. The predicted molar refractivity (Wildman–Crippen MR) is 227 cm³/mol. The van der Waals surface area contributed by atoms with E-state index in [0.717, 1.165) is 50.7 Å². The van der Waals surface area contributed by atoms with E-state index in [-0.39, 0.29) is 36.7 Å². The van der Waals surface area contributed by atoms with Crippen molar-refractivity contribution in [3.8, 4) is 28.1 Å². The summed E-state index contributed by atoms with van der Waals surface area (Å²) in [5.74, 6) is -1.44. The van der Waals surface area contributed by atoms with Crippen molar-refractivity contribution in [1.82, 2.24) is 30.2 Å². The van der Waals surface area contributed by atoms with Gasteiger partial charge < -0.3 is 34.2 Å². The van der Waals surface area contributed by atoms with Crippen molar-refractivity contribution >= 4 is 34.9 Å². The van der Waals surface area contributed by atoms with E-state index in [1.807, 2.05) is 45.2 Å². The Labute approximate surface area is 347 Å². The summed E-state index contributed by atoms with van der Waals surface area (Å²) < 4.78 is 14.6. The number of carbonyl (C=O) groups is 4. The molecule has 6 rings (SSSR count). The molecule has 0 radical (unpaired) electrons. The second kappa shape index (κ2) is 17.6. The number of fused-ring (bicyclic) bond motifs is 6. The van der Waals surface area contributed by atoms with Crippen LogP contribution in [0.3, 0.4) is 0 Å². The molecular weight excluding hydrogens is 749 g/mol. The van der Waals surface area contributed by atoms with Gasteiger partial charge in [-0.15, -0.1) is 0 Å². The Hall–Kier alpha value is -5.11. The number of aromatic hydroxyl groups is 1. The van der Waals surface area contributed by atoms with Crippen LogP contribution in [0, 0.1) is 11.3 Å². The number of aryl methyl sites for hydroxylation is 1. The minimum atomic E-state index is -1.18. The number of phenols is 1. The highest BCUT2D eigenvalue weighted by Crippen LogP contribution is 2.42. The highest BCUT2D eigenvalue weighted by Gasteiger charge is 2.41. The first-order valence-electron chi connectivity index (χ1n) is 20.6. The fourth-order valence-corrected chi connectivity index (χ4v) is 8.83. The number of pyridine rings is 1. The van der Waals surface area contributed by atoms with Gasteiger partial charge in [-0.25, -0.2) is 5.43 Å². The van der Waals surface area contributed by atoms with Gasteiger partial charge in [0.05, 0.1) is 25.0 Å². The molecule has 4 heterocycles. The van der Waals surface area contributed by atoms with Gasteiger partial charge in [-0.05, 0) is 103 Å². The molecule has 2 aliphatic rings. The zero-order valence-corrected chi connectivity index (χ0v) is 35.9. The largest absolute Gasteiger partial charge is 0.508 e. The molecule has 2 aromatic heterocycles. The Bertz CT molecular complexity index is 2210. The molecule has 2 aromatic carbocycles. The average Bonchev–Trinajstić information content (AvgIpc) is 3.50. The summed E-state index contributed by atoms with van der Waals surface area (Å²) in [5.41, 5.74) is 9.03. The molecule has 13 heteroatoms. The van der Waals surface area contributed by atoms with Crippen LogP contribution in [0.1, 0.15) is 84.1 Å². The topological polar surface area (TPSA) is 155 Å². The molecule has 0 spiro atoms. The van der Waals surface area contributed by atoms with Crippen LogP contribution in [0.2, 0.25) is 0 Å². The Balaban J connectivity index is 1.54. The molecule has 0 saturated carbocycles. The first kappa shape index (κ1) is 43.5. The van der Waals surface area contributed by atoms with Crippen LogP contribution in [-0.2, 0) is 48.0 Å². The monoisotopic (exact) mass is 808 g/mol. The van der Waals surface area contributed by atoms with Gasteiger partial charge in [0.15, 0.2) is 0 Å². The van der Waals surface area contributed by atoms with E-state index in [4.69, 9.17) is 9.47 Å². The van der Waals surface area contributed by atoms with E-state index < -0.39 is 34.9 Å². The summed E-state index contributed by atoms with van der Waals surface area (Å²) in [6.45, 7) is 14.9. The van der Waals surface area contributed by atoms with E-state index in [1.165, 1.54) is 16.8 Å². The molecular formula is C46H60N6O7. The Kier molecular flexibility index (Phi) is 13.0. The number of hydrazine groups is 1. The lowest BCUT2D eigenvalue weighted by Crippen LogP contribution is -2.66. The van der Waals surface area contributed by atoms with E-state index >= 15 is 0 Å². The Morgan fingerprint density at radius 3 is 2.58 bits per heavy atom. The summed E-state index contributed by atoms with van der Waals surface area (Å²) in [5, 5.41) is 16.6. The third kappa shape index (κ3) is 9.07. The molecule has 2 aliphatic heterocycles. The lowest BCUT2D eigenvalue weighted by Gasteiger charge is -2.42. The molecule has 6 bridgehead atoms. The molecule has 1 unspecified atom stereocenters. The Morgan fingerprint density at radius 1 is 1.14 bits per heavy atom. The minimum Gasteiger partial charge on any atom is -0.508 e. The molecule has 4 aromatic rings. The van der Waals surface area contributed by atoms with Crippen molar-refractivity contribution in [2.45, 2.75) is 104 Å². The van der Waals surface area contributed by atoms with Crippen LogP contribution in [0.4, 0.5) is 0 Å². The summed E-state index contributed by atoms with van der Waals surface area (Å²) in [4.78, 5) is 59.9. The fourth-order valence-electron chi connectivity index (χ4n) is 8.83. The first-order chi connectivity index (χ1) is 28.0. The van der Waals surface area contributed by atoms with E-state index in [9.17, 15) is 24.3 Å². The van der Waals surface area contributed by atoms with E-state index in [0.29, 0.717) is 44.5 Å². The normalized spacial score (nSPS) is 20.8. The second-order valence-electron chi connectivity index (χ2n) is 17.4. The summed E-state index contributed by atoms with van der Waals surface area (Å²) in [7, 11) is 3.27. The smallest absolute Gasteiger partial charge is 0.259 e. The number of benzene rings is 2. The number of carbonyl (C=O) groups excluding carboxylic acids is 4. The van der Waals surface area contributed by atoms with Crippen LogP contribution < -0.4 is 10.7 Å². The van der Waals surface area contributed by atoms with Gasteiger partial charge >= 0.3 is 0 Å². The molecule has 3 N–H and O–H groups in total. The van der Waals surface area contributed by atoms with Crippen molar-refractivity contribution in [2.24, 2.45) is 11.3 Å². The zero-order valence-electron chi connectivity index (χ0n) is 35.9. The maximum Gasteiger partial charge on any atom is 0.259 e. The number of hydrogen-bond donors (Lipinski definition) is 3. The number of phenolic OH excluding ortho intramolecular Hbond substituents is 1. The van der Waals surface area contributed by atoms with Gasteiger partial charge in [-0.3, -0.25) is 24.4 Å². The molecule has 4 atom stereocenters. The van der Waals surface area contributed by atoms with Crippen LogP contribution in [-0.4, -0.2) is 100 Å². The Morgan fingerprint density at radius 2 is 1.90 bits per heavy atom. The summed E-state index contributed by atoms with van der Waals surface area (Å²) in [6, 6.07) is 11.6. The first-order valence-corrected chi connectivity index (χ1v) is 20.6. The third-order valence-electron chi connectivity index (χ3n) is 11.9. The maximum absolute atomic E-state index is 14.6. The molecule has 1 saturated heterocycles. The number of aromatic nitrogens is 2. The number of amides is 3. The van der Waals surface area contributed by atoms with Crippen molar-refractivity contribution in [1.29, 1.82) is 0 Å². The van der Waals surface area contributed by atoms with Crippen molar-refractivity contribution in [2.75, 3.05) is 33.9 Å². The number of aldehydes is 1. The van der Waals surface area contributed by atoms with Crippen molar-refractivity contribution < 1.29 is 33.8 Å². The second-order valence-corrected chi connectivity index (χ2v) is 17.4. The highest BCUT2D eigenvalue weighted by atomic mass is 16.5. The fraction of sp³-hybridized carbons (Fsp3) is 0.500. The van der Waals surface area contributed by atoms with Crippen molar-refractivity contribution in [3.05, 3.63) is 71.5 Å². The van der Waals surface area contributed by atoms with Gasteiger partial charge in [0.2, 0.25) is 11.8 Å². The average molecular weight is 809 g/mol. The number of rotatable bonds is 9. The van der Waals surface area contributed by atoms with E-state index in [1.54, 1.807) is 32.5 Å². The molecule has 59 heavy (non-hydrogen) atoms. The van der Waals surface area contributed by atoms with Gasteiger partial charge in [-0.1, -0.05) is 39.8 Å². The number of nitrogens with one attached hydrogen (secondary N) is 2. The zero-order chi connectivity index (χ0) is 42.8. The summed E-state index contributed by atoms with van der Waals surface area (Å²) in [6.07, 6.45) is 5.96. The molecule has 0 aliphatic carbocycles. The van der Waals surface area contributed by atoms with Gasteiger partial charge in [0.1, 0.15) is 29.7 Å². The van der Waals surface area contributed by atoms with Crippen LogP contribution in [0.15, 0.2) is 54.9 Å². The number of ether oxygens (including phenoxy) is 2. The van der Waals surface area contributed by atoms with E-state index in [2.05, 4.69) is 53.2 Å². The predicted octanol–water partition coefficient (Wildman–Crippen LogP) is 6.00. The lowest BCUT2D eigenvalue weighted by molar-refractivity contribution is -0.148. The number of hydrogen-bond acceptors (Lipinski definition) is 9. The van der Waals surface area contributed by atoms with Crippen LogP contribution in [0.5, 0.6) is 5.75 Å². The lowest BCUT2D eigenvalue weighted by atomic mass is 9.83.